The summed E-state index contributed by atoms with van der Waals surface area (Å²) in [5.74, 6) is -0.837. The van der Waals surface area contributed by atoms with Crippen molar-refractivity contribution in [2.45, 2.75) is 33.2 Å². The molecule has 7 nitrogen and oxygen atoms in total. The van der Waals surface area contributed by atoms with Gasteiger partial charge in [0.05, 0.1) is 23.9 Å². The molecule has 0 saturated carbocycles. The Balaban J connectivity index is 1.55. The number of hydrogen-bond donors (Lipinski definition) is 1. The summed E-state index contributed by atoms with van der Waals surface area (Å²) in [6.45, 7) is 4.13. The number of thiophene rings is 1. The van der Waals surface area contributed by atoms with E-state index >= 15 is 0 Å². The van der Waals surface area contributed by atoms with Crippen molar-refractivity contribution in [3.05, 3.63) is 80.1 Å². The summed E-state index contributed by atoms with van der Waals surface area (Å²) in [5.41, 5.74) is 2.27. The van der Waals surface area contributed by atoms with Crippen molar-refractivity contribution < 1.29 is 14.3 Å². The molecule has 0 fully saturated rings. The monoisotopic (exact) mass is 553 g/mol. The van der Waals surface area contributed by atoms with Crippen LogP contribution in [-0.4, -0.2) is 28.0 Å². The first-order valence-electron chi connectivity index (χ1n) is 11.2. The number of halogens is 1. The summed E-state index contributed by atoms with van der Waals surface area (Å²) in [6.07, 6.45) is 3.12. The number of aromatic nitrogens is 2. The Bertz CT molecular complexity index is 1440. The molecule has 0 spiro atoms. The Morgan fingerprint density at radius 3 is 2.69 bits per heavy atom. The summed E-state index contributed by atoms with van der Waals surface area (Å²) in [6, 6.07) is 14.3. The van der Waals surface area contributed by atoms with E-state index in [2.05, 4.69) is 26.2 Å². The number of nitrogens with one attached hydrogen (secondary N) is 1. The van der Waals surface area contributed by atoms with Gasteiger partial charge in [0.25, 0.3) is 5.56 Å². The van der Waals surface area contributed by atoms with Gasteiger partial charge in [-0.3, -0.25) is 14.2 Å². The molecule has 1 N–H and O–H groups in total. The fourth-order valence-corrected chi connectivity index (χ4v) is 4.95. The van der Waals surface area contributed by atoms with E-state index in [1.54, 1.807) is 24.3 Å². The van der Waals surface area contributed by atoms with Gasteiger partial charge in [0.2, 0.25) is 5.91 Å². The standard InChI is InChI=1S/C26H24BrN3O4S/c1-3-4-12-34-26(33)18-6-5-7-20(13-18)29-21(31)14-30-15-28-24-23(25(30)32)22(16(2)35-24)17-8-10-19(27)11-9-17/h5-11,13,15H,3-4,12,14H2,1-2H3,(H,29,31). The number of ether oxygens (including phenoxy) is 1. The van der Waals surface area contributed by atoms with Crippen LogP contribution in [0.25, 0.3) is 21.3 Å². The summed E-state index contributed by atoms with van der Waals surface area (Å²) in [5, 5.41) is 3.25. The maximum atomic E-state index is 13.3. The fourth-order valence-electron chi connectivity index (χ4n) is 3.69. The average molecular weight is 554 g/mol. The second kappa shape index (κ2) is 11.0. The predicted molar refractivity (Wildman–Crippen MR) is 142 cm³/mol. The molecule has 0 atom stereocenters. The maximum absolute atomic E-state index is 13.3. The molecule has 9 heteroatoms. The van der Waals surface area contributed by atoms with Gasteiger partial charge in [-0.25, -0.2) is 9.78 Å². The molecule has 0 aliphatic heterocycles. The second-order valence-electron chi connectivity index (χ2n) is 8.02. The molecule has 2 aromatic heterocycles. The molecule has 1 amide bonds. The third-order valence-corrected chi connectivity index (χ3v) is 6.96. The van der Waals surface area contributed by atoms with Gasteiger partial charge >= 0.3 is 5.97 Å². The average Bonchev–Trinajstić information content (AvgIpc) is 3.18. The fraction of sp³-hybridized carbons (Fsp3) is 0.231. The number of rotatable bonds is 8. The van der Waals surface area contributed by atoms with Crippen molar-refractivity contribution in [3.63, 3.8) is 0 Å². The molecule has 0 unspecified atom stereocenters. The Morgan fingerprint density at radius 2 is 1.94 bits per heavy atom. The largest absolute Gasteiger partial charge is 0.462 e. The lowest BCUT2D eigenvalue weighted by molar-refractivity contribution is -0.116. The molecule has 0 aliphatic rings. The van der Waals surface area contributed by atoms with Crippen molar-refractivity contribution >= 4 is 55.0 Å². The highest BCUT2D eigenvalue weighted by Gasteiger charge is 2.18. The first kappa shape index (κ1) is 24.8. The van der Waals surface area contributed by atoms with E-state index in [9.17, 15) is 14.4 Å². The summed E-state index contributed by atoms with van der Waals surface area (Å²) >= 11 is 4.89. The lowest BCUT2D eigenvalue weighted by Crippen LogP contribution is -2.27. The van der Waals surface area contributed by atoms with Gasteiger partial charge < -0.3 is 10.1 Å². The van der Waals surface area contributed by atoms with Gasteiger partial charge in [-0.2, -0.15) is 0 Å². The van der Waals surface area contributed by atoms with Crippen LogP contribution in [0.1, 0.15) is 35.0 Å². The highest BCUT2D eigenvalue weighted by atomic mass is 79.9. The van der Waals surface area contributed by atoms with Crippen LogP contribution < -0.4 is 10.9 Å². The molecule has 0 radical (unpaired) electrons. The van der Waals surface area contributed by atoms with Crippen molar-refractivity contribution in [1.29, 1.82) is 0 Å². The third-order valence-electron chi connectivity index (χ3n) is 5.41. The highest BCUT2D eigenvalue weighted by molar-refractivity contribution is 9.10. The summed E-state index contributed by atoms with van der Waals surface area (Å²) in [7, 11) is 0. The zero-order chi connectivity index (χ0) is 24.9. The molecule has 4 aromatic rings. The number of anilines is 1. The molecule has 35 heavy (non-hydrogen) atoms. The van der Waals surface area contributed by atoms with Crippen LogP contribution in [0, 0.1) is 6.92 Å². The van der Waals surface area contributed by atoms with E-state index in [0.717, 1.165) is 33.3 Å². The van der Waals surface area contributed by atoms with Gasteiger partial charge in [0, 0.05) is 20.6 Å². The number of carbonyl (C=O) groups excluding carboxylic acids is 2. The van der Waals surface area contributed by atoms with E-state index < -0.39 is 11.9 Å². The SMILES string of the molecule is CCCCOC(=O)c1cccc(NC(=O)Cn2cnc3sc(C)c(-c4ccc(Br)cc4)c3c2=O)c1. The maximum Gasteiger partial charge on any atom is 0.338 e. The number of unbranched alkanes of at least 4 members (excludes halogenated alkanes) is 1. The van der Waals surface area contributed by atoms with Crippen LogP contribution in [-0.2, 0) is 16.1 Å². The zero-order valence-electron chi connectivity index (χ0n) is 19.3. The van der Waals surface area contributed by atoms with Crippen molar-refractivity contribution in [2.24, 2.45) is 0 Å². The first-order valence-corrected chi connectivity index (χ1v) is 12.8. The smallest absolute Gasteiger partial charge is 0.338 e. The number of hydrogen-bond acceptors (Lipinski definition) is 6. The van der Waals surface area contributed by atoms with Gasteiger partial charge in [-0.05, 0) is 49.2 Å². The molecule has 180 valence electrons. The first-order chi connectivity index (χ1) is 16.9. The zero-order valence-corrected chi connectivity index (χ0v) is 21.7. The number of benzene rings is 2. The number of carbonyl (C=O) groups is 2. The molecule has 0 aliphatic carbocycles. The number of aryl methyl sites for hydroxylation is 1. The normalized spacial score (nSPS) is 10.9. The van der Waals surface area contributed by atoms with E-state index in [4.69, 9.17) is 4.74 Å². The molecule has 2 heterocycles. The van der Waals surface area contributed by atoms with E-state index in [0.29, 0.717) is 28.1 Å². The molecule has 0 bridgehead atoms. The van der Waals surface area contributed by atoms with Crippen LogP contribution in [0.2, 0.25) is 0 Å². The Labute approximate surface area is 214 Å². The van der Waals surface area contributed by atoms with Crippen molar-refractivity contribution in [2.75, 3.05) is 11.9 Å². The number of nitrogens with zero attached hydrogens (tertiary/aromatic N) is 2. The van der Waals surface area contributed by atoms with E-state index in [1.165, 1.54) is 22.2 Å². The van der Waals surface area contributed by atoms with Gasteiger partial charge in [-0.15, -0.1) is 11.3 Å². The van der Waals surface area contributed by atoms with Crippen LogP contribution in [0.3, 0.4) is 0 Å². The van der Waals surface area contributed by atoms with E-state index in [1.807, 2.05) is 38.1 Å². The Hall–Kier alpha value is -3.30. The Kier molecular flexibility index (Phi) is 7.77. The minimum Gasteiger partial charge on any atom is -0.462 e. The number of fused-ring (bicyclic) bond motifs is 1. The predicted octanol–water partition coefficient (Wildman–Crippen LogP) is 5.79. The minimum absolute atomic E-state index is 0.207. The molecular formula is C26H24BrN3O4S. The van der Waals surface area contributed by atoms with Crippen molar-refractivity contribution in [3.8, 4) is 11.1 Å². The van der Waals surface area contributed by atoms with Gasteiger partial charge in [0.15, 0.2) is 0 Å². The van der Waals surface area contributed by atoms with Crippen molar-refractivity contribution in [1.82, 2.24) is 9.55 Å². The second-order valence-corrected chi connectivity index (χ2v) is 10.1. The minimum atomic E-state index is -0.436. The molecule has 0 saturated heterocycles. The molecule has 4 rings (SSSR count). The topological polar surface area (TPSA) is 90.3 Å². The molecule has 2 aromatic carbocycles. The lowest BCUT2D eigenvalue weighted by atomic mass is 10.0. The molecular weight excluding hydrogens is 530 g/mol. The van der Waals surface area contributed by atoms with E-state index in [-0.39, 0.29) is 12.1 Å². The van der Waals surface area contributed by atoms with Crippen LogP contribution in [0.4, 0.5) is 5.69 Å². The highest BCUT2D eigenvalue weighted by Crippen LogP contribution is 2.35. The summed E-state index contributed by atoms with van der Waals surface area (Å²) in [4.78, 5) is 44.3. The number of esters is 1. The van der Waals surface area contributed by atoms with Gasteiger partial charge in [0.1, 0.15) is 11.4 Å². The van der Waals surface area contributed by atoms with Crippen LogP contribution >= 0.6 is 27.3 Å². The van der Waals surface area contributed by atoms with Crippen LogP contribution in [0.5, 0.6) is 0 Å². The quantitative estimate of drug-likeness (QED) is 0.220. The van der Waals surface area contributed by atoms with Gasteiger partial charge in [-0.1, -0.05) is 47.5 Å². The van der Waals surface area contributed by atoms with Crippen LogP contribution in [0.15, 0.2) is 64.1 Å². The number of amides is 1. The third kappa shape index (κ3) is 5.68. The summed E-state index contributed by atoms with van der Waals surface area (Å²) < 4.78 is 7.48. The lowest BCUT2D eigenvalue weighted by Gasteiger charge is -2.09. The Morgan fingerprint density at radius 1 is 1.17 bits per heavy atom.